The van der Waals surface area contributed by atoms with Gasteiger partial charge in [0.1, 0.15) is 0 Å². The van der Waals surface area contributed by atoms with Gasteiger partial charge in [0.2, 0.25) is 0 Å². The second-order valence-corrected chi connectivity index (χ2v) is 5.77. The van der Waals surface area contributed by atoms with Gasteiger partial charge < -0.3 is 5.32 Å². The number of benzene rings is 1. The first-order valence-electron chi connectivity index (χ1n) is 7.95. The van der Waals surface area contributed by atoms with Gasteiger partial charge in [-0.1, -0.05) is 58.4 Å². The summed E-state index contributed by atoms with van der Waals surface area (Å²) in [4.78, 5) is 0. The van der Waals surface area contributed by atoms with E-state index < -0.39 is 0 Å². The molecule has 1 fully saturated rings. The topological polar surface area (TPSA) is 12.0 Å². The largest absolute Gasteiger partial charge is 0.314 e. The summed E-state index contributed by atoms with van der Waals surface area (Å²) in [6.45, 7) is 12.1. The molecule has 108 valence electrons. The van der Waals surface area contributed by atoms with Crippen molar-refractivity contribution in [3.63, 3.8) is 0 Å². The minimum atomic E-state index is 0.371. The third-order valence-electron chi connectivity index (χ3n) is 4.24. The Balaban J connectivity index is 0.000000861. The zero-order valence-corrected chi connectivity index (χ0v) is 13.4. The average molecular weight is 261 g/mol. The molecule has 1 aliphatic heterocycles. The summed E-state index contributed by atoms with van der Waals surface area (Å²) >= 11 is 0. The zero-order valence-electron chi connectivity index (χ0n) is 13.4. The number of hydrogen-bond donors (Lipinski definition) is 1. The van der Waals surface area contributed by atoms with Crippen LogP contribution in [-0.2, 0) is 5.41 Å². The highest BCUT2D eigenvalue weighted by Gasteiger charge is 2.33. The molecule has 1 heteroatoms. The Labute approximate surface area is 119 Å². The average Bonchev–Trinajstić information content (AvgIpc) is 2.42. The quantitative estimate of drug-likeness (QED) is 0.821. The first-order valence-corrected chi connectivity index (χ1v) is 7.95. The van der Waals surface area contributed by atoms with Crippen LogP contribution in [0.1, 0.15) is 64.5 Å². The number of hydrogen-bond acceptors (Lipinski definition) is 1. The molecule has 1 N–H and O–H groups in total. The highest BCUT2D eigenvalue weighted by Crippen LogP contribution is 2.37. The third-order valence-corrected chi connectivity index (χ3v) is 4.24. The number of rotatable bonds is 3. The van der Waals surface area contributed by atoms with E-state index in [1.165, 1.54) is 31.2 Å². The molecular formula is C18H31N. The molecule has 0 aromatic heterocycles. The van der Waals surface area contributed by atoms with E-state index in [9.17, 15) is 0 Å². The summed E-state index contributed by atoms with van der Waals surface area (Å²) in [5.41, 5.74) is 3.38. The molecule has 1 saturated heterocycles. The van der Waals surface area contributed by atoms with Crippen molar-refractivity contribution < 1.29 is 0 Å². The Bertz CT molecular complexity index is 370. The SMILES string of the molecule is CC.CCCC1CC(C)(c2ccccc2C)CCN1. The Morgan fingerprint density at radius 1 is 1.26 bits per heavy atom. The van der Waals surface area contributed by atoms with Crippen LogP contribution >= 0.6 is 0 Å². The Kier molecular flexibility index (Phi) is 6.57. The van der Waals surface area contributed by atoms with E-state index in [1.807, 2.05) is 13.8 Å². The standard InChI is InChI=1S/C16H25N.C2H6/c1-4-7-14-12-16(3,10-11-17-14)15-9-6-5-8-13(15)2;1-2/h5-6,8-9,14,17H,4,7,10-12H2,1-3H3;1-2H3. The number of aryl methyl sites for hydroxylation is 1. The van der Waals surface area contributed by atoms with Crippen LogP contribution in [0.3, 0.4) is 0 Å². The van der Waals surface area contributed by atoms with Gasteiger partial charge in [-0.05, 0) is 49.3 Å². The minimum absolute atomic E-state index is 0.371. The highest BCUT2D eigenvalue weighted by atomic mass is 14.9. The molecule has 0 bridgehead atoms. The molecule has 1 heterocycles. The van der Waals surface area contributed by atoms with Crippen molar-refractivity contribution in [3.05, 3.63) is 35.4 Å². The van der Waals surface area contributed by atoms with E-state index >= 15 is 0 Å². The molecule has 19 heavy (non-hydrogen) atoms. The molecule has 0 amide bonds. The van der Waals surface area contributed by atoms with Crippen molar-refractivity contribution in [2.24, 2.45) is 0 Å². The molecule has 0 radical (unpaired) electrons. The van der Waals surface area contributed by atoms with Crippen LogP contribution in [0.25, 0.3) is 0 Å². The lowest BCUT2D eigenvalue weighted by Crippen LogP contribution is -2.45. The molecule has 1 aromatic rings. The maximum atomic E-state index is 3.66. The second-order valence-electron chi connectivity index (χ2n) is 5.77. The first-order chi connectivity index (χ1) is 9.15. The molecule has 0 saturated carbocycles. The fraction of sp³-hybridized carbons (Fsp3) is 0.667. The van der Waals surface area contributed by atoms with Gasteiger partial charge in [-0.15, -0.1) is 0 Å². The molecule has 2 rings (SSSR count). The van der Waals surface area contributed by atoms with E-state index in [4.69, 9.17) is 0 Å². The molecular weight excluding hydrogens is 230 g/mol. The molecule has 1 aliphatic rings. The van der Waals surface area contributed by atoms with Crippen LogP contribution in [0.4, 0.5) is 0 Å². The predicted molar refractivity (Wildman–Crippen MR) is 85.8 cm³/mol. The highest BCUT2D eigenvalue weighted by molar-refractivity contribution is 5.33. The lowest BCUT2D eigenvalue weighted by molar-refractivity contribution is 0.260. The van der Waals surface area contributed by atoms with E-state index in [0.29, 0.717) is 11.5 Å². The van der Waals surface area contributed by atoms with Crippen LogP contribution in [0.2, 0.25) is 0 Å². The summed E-state index contributed by atoms with van der Waals surface area (Å²) in [7, 11) is 0. The van der Waals surface area contributed by atoms with Gasteiger partial charge in [-0.2, -0.15) is 0 Å². The van der Waals surface area contributed by atoms with E-state index in [-0.39, 0.29) is 0 Å². The Morgan fingerprint density at radius 2 is 1.95 bits per heavy atom. The first kappa shape index (κ1) is 16.2. The lowest BCUT2D eigenvalue weighted by Gasteiger charge is -2.40. The monoisotopic (exact) mass is 261 g/mol. The van der Waals surface area contributed by atoms with Gasteiger partial charge in [0.05, 0.1) is 0 Å². The Hall–Kier alpha value is -0.820. The zero-order chi connectivity index (χ0) is 14.3. The third kappa shape index (κ3) is 4.07. The molecule has 0 spiro atoms. The van der Waals surface area contributed by atoms with E-state index in [0.717, 1.165) is 6.54 Å². The molecule has 2 atom stereocenters. The summed E-state index contributed by atoms with van der Waals surface area (Å²) < 4.78 is 0. The molecule has 0 aliphatic carbocycles. The smallest absolute Gasteiger partial charge is 0.00753 e. The van der Waals surface area contributed by atoms with Gasteiger partial charge in [0, 0.05) is 6.04 Å². The maximum absolute atomic E-state index is 3.66. The molecule has 2 unspecified atom stereocenters. The van der Waals surface area contributed by atoms with Crippen LogP contribution in [-0.4, -0.2) is 12.6 Å². The minimum Gasteiger partial charge on any atom is -0.314 e. The normalized spacial score (nSPS) is 26.5. The van der Waals surface area contributed by atoms with Gasteiger partial charge in [0.25, 0.3) is 0 Å². The number of piperidine rings is 1. The van der Waals surface area contributed by atoms with Crippen molar-refractivity contribution in [2.45, 2.75) is 71.8 Å². The van der Waals surface area contributed by atoms with Crippen molar-refractivity contribution in [2.75, 3.05) is 6.54 Å². The van der Waals surface area contributed by atoms with Gasteiger partial charge in [-0.25, -0.2) is 0 Å². The van der Waals surface area contributed by atoms with Gasteiger partial charge >= 0.3 is 0 Å². The summed E-state index contributed by atoms with van der Waals surface area (Å²) in [6.07, 6.45) is 5.13. The van der Waals surface area contributed by atoms with Gasteiger partial charge in [-0.3, -0.25) is 0 Å². The molecule has 1 nitrogen and oxygen atoms in total. The fourth-order valence-corrected chi connectivity index (χ4v) is 3.32. The second kappa shape index (κ2) is 7.69. The lowest BCUT2D eigenvalue weighted by atomic mass is 9.70. The van der Waals surface area contributed by atoms with Crippen molar-refractivity contribution >= 4 is 0 Å². The van der Waals surface area contributed by atoms with Crippen molar-refractivity contribution in [1.29, 1.82) is 0 Å². The summed E-state index contributed by atoms with van der Waals surface area (Å²) in [5, 5.41) is 3.66. The van der Waals surface area contributed by atoms with Crippen LogP contribution in [0, 0.1) is 6.92 Å². The maximum Gasteiger partial charge on any atom is 0.00753 e. The summed E-state index contributed by atoms with van der Waals surface area (Å²) in [5.74, 6) is 0. The van der Waals surface area contributed by atoms with E-state index in [1.54, 1.807) is 5.56 Å². The van der Waals surface area contributed by atoms with Crippen LogP contribution in [0.15, 0.2) is 24.3 Å². The number of nitrogens with one attached hydrogen (secondary N) is 1. The van der Waals surface area contributed by atoms with Gasteiger partial charge in [0.15, 0.2) is 0 Å². The van der Waals surface area contributed by atoms with Crippen molar-refractivity contribution in [1.82, 2.24) is 5.32 Å². The van der Waals surface area contributed by atoms with Crippen LogP contribution in [0.5, 0.6) is 0 Å². The summed E-state index contributed by atoms with van der Waals surface area (Å²) in [6, 6.07) is 9.61. The predicted octanol–water partition coefficient (Wildman–Crippen LogP) is 4.83. The Morgan fingerprint density at radius 3 is 2.58 bits per heavy atom. The fourth-order valence-electron chi connectivity index (χ4n) is 3.32. The molecule has 1 aromatic carbocycles. The van der Waals surface area contributed by atoms with E-state index in [2.05, 4.69) is 50.4 Å². The van der Waals surface area contributed by atoms with Crippen molar-refractivity contribution in [3.8, 4) is 0 Å². The van der Waals surface area contributed by atoms with Crippen LogP contribution < -0.4 is 5.32 Å².